The summed E-state index contributed by atoms with van der Waals surface area (Å²) < 4.78 is 11.1. The van der Waals surface area contributed by atoms with Crippen LogP contribution >= 0.6 is 12.4 Å². The molecule has 1 saturated heterocycles. The van der Waals surface area contributed by atoms with Crippen LogP contribution in [0.3, 0.4) is 0 Å². The molecule has 1 amide bonds. The van der Waals surface area contributed by atoms with Gasteiger partial charge in [-0.3, -0.25) is 4.79 Å². The number of halogens is 1. The van der Waals surface area contributed by atoms with Gasteiger partial charge < -0.3 is 20.5 Å². The van der Waals surface area contributed by atoms with Crippen LogP contribution in [-0.4, -0.2) is 31.8 Å². The summed E-state index contributed by atoms with van der Waals surface area (Å²) in [6.45, 7) is 5.75. The number of benzene rings is 1. The van der Waals surface area contributed by atoms with Crippen molar-refractivity contribution in [2.75, 3.05) is 25.1 Å². The van der Waals surface area contributed by atoms with Gasteiger partial charge in [0.1, 0.15) is 11.9 Å². The fourth-order valence-corrected chi connectivity index (χ4v) is 2.63. The van der Waals surface area contributed by atoms with Crippen molar-refractivity contribution in [3.8, 4) is 5.75 Å². The number of ether oxygens (including phenoxy) is 2. The van der Waals surface area contributed by atoms with Gasteiger partial charge in [-0.1, -0.05) is 13.8 Å². The van der Waals surface area contributed by atoms with Gasteiger partial charge in [-0.05, 0) is 37.1 Å². The lowest BCUT2D eigenvalue weighted by Crippen LogP contribution is -2.41. The summed E-state index contributed by atoms with van der Waals surface area (Å²) in [5, 5.41) is 2.96. The highest BCUT2D eigenvalue weighted by Crippen LogP contribution is 2.27. The summed E-state index contributed by atoms with van der Waals surface area (Å²) in [5.74, 6) is 0.780. The molecule has 3 N–H and O–H groups in total. The molecule has 0 radical (unpaired) electrons. The minimum Gasteiger partial charge on any atom is -0.488 e. The lowest BCUT2D eigenvalue weighted by atomic mass is 9.81. The number of hydrogen-bond donors (Lipinski definition) is 2. The van der Waals surface area contributed by atoms with Crippen LogP contribution in [0.25, 0.3) is 0 Å². The molecule has 130 valence electrons. The van der Waals surface area contributed by atoms with Crippen molar-refractivity contribution in [3.05, 3.63) is 24.3 Å². The maximum absolute atomic E-state index is 12.5. The Kier molecular flexibility index (Phi) is 7.82. The van der Waals surface area contributed by atoms with Crippen LogP contribution in [0.15, 0.2) is 24.3 Å². The highest BCUT2D eigenvalue weighted by molar-refractivity contribution is 5.95. The first-order chi connectivity index (χ1) is 10.6. The molecule has 6 heteroatoms. The van der Waals surface area contributed by atoms with E-state index >= 15 is 0 Å². The van der Waals surface area contributed by atoms with Gasteiger partial charge in [0.2, 0.25) is 5.91 Å². The quantitative estimate of drug-likeness (QED) is 0.799. The summed E-state index contributed by atoms with van der Waals surface area (Å²) in [7, 11) is 0. The average Bonchev–Trinajstić information content (AvgIpc) is 3.04. The Balaban J connectivity index is 0.00000264. The Morgan fingerprint density at radius 1 is 1.35 bits per heavy atom. The molecule has 5 nitrogen and oxygen atoms in total. The molecule has 0 bridgehead atoms. The van der Waals surface area contributed by atoms with Gasteiger partial charge >= 0.3 is 0 Å². The minimum absolute atomic E-state index is 0. The molecule has 23 heavy (non-hydrogen) atoms. The van der Waals surface area contributed by atoms with E-state index in [1.54, 1.807) is 0 Å². The van der Waals surface area contributed by atoms with Crippen LogP contribution in [0.2, 0.25) is 0 Å². The molecule has 1 aromatic rings. The van der Waals surface area contributed by atoms with E-state index in [1.165, 1.54) is 0 Å². The van der Waals surface area contributed by atoms with Gasteiger partial charge in [0.25, 0.3) is 0 Å². The fraction of sp³-hybridized carbons (Fsp3) is 0.588. The number of carbonyl (C=O) groups is 1. The summed E-state index contributed by atoms with van der Waals surface area (Å²) in [6, 6.07) is 7.46. The first-order valence-electron chi connectivity index (χ1n) is 7.99. The summed E-state index contributed by atoms with van der Waals surface area (Å²) in [4.78, 5) is 12.5. The molecule has 1 aliphatic rings. The molecule has 1 atom stereocenters. The van der Waals surface area contributed by atoms with Crippen molar-refractivity contribution in [1.29, 1.82) is 0 Å². The first-order valence-corrected chi connectivity index (χ1v) is 7.99. The molecule has 0 aliphatic carbocycles. The van der Waals surface area contributed by atoms with Crippen molar-refractivity contribution in [1.82, 2.24) is 0 Å². The second kappa shape index (κ2) is 9.11. The first kappa shape index (κ1) is 19.7. The zero-order chi connectivity index (χ0) is 16.0. The van der Waals surface area contributed by atoms with Crippen LogP contribution in [-0.2, 0) is 9.53 Å². The number of hydrogen-bond acceptors (Lipinski definition) is 4. The Labute approximate surface area is 144 Å². The predicted octanol–water partition coefficient (Wildman–Crippen LogP) is 2.98. The SMILES string of the molecule is CCC(CC)(CN)C(=O)Nc1ccc(OC2CCOC2)cc1.Cl. The smallest absolute Gasteiger partial charge is 0.231 e. The molecule has 0 spiro atoms. The van der Waals surface area contributed by atoms with Gasteiger partial charge in [0.15, 0.2) is 0 Å². The molecule has 1 aromatic carbocycles. The van der Waals surface area contributed by atoms with Gasteiger partial charge in [-0.25, -0.2) is 0 Å². The van der Waals surface area contributed by atoms with Crippen molar-refractivity contribution >= 4 is 24.0 Å². The van der Waals surface area contributed by atoms with E-state index in [-0.39, 0.29) is 24.4 Å². The maximum atomic E-state index is 12.5. The molecule has 1 unspecified atom stereocenters. The minimum atomic E-state index is -0.490. The number of nitrogens with two attached hydrogens (primary N) is 1. The molecule has 1 aliphatic heterocycles. The van der Waals surface area contributed by atoms with E-state index in [4.69, 9.17) is 15.2 Å². The van der Waals surface area contributed by atoms with Crippen LogP contribution in [0.4, 0.5) is 5.69 Å². The zero-order valence-electron chi connectivity index (χ0n) is 13.8. The summed E-state index contributed by atoms with van der Waals surface area (Å²) >= 11 is 0. The van der Waals surface area contributed by atoms with Crippen molar-refractivity contribution in [3.63, 3.8) is 0 Å². The van der Waals surface area contributed by atoms with E-state index in [9.17, 15) is 4.79 Å². The van der Waals surface area contributed by atoms with Gasteiger partial charge in [-0.15, -0.1) is 12.4 Å². The van der Waals surface area contributed by atoms with Gasteiger partial charge in [-0.2, -0.15) is 0 Å². The van der Waals surface area contributed by atoms with E-state index in [1.807, 2.05) is 38.1 Å². The lowest BCUT2D eigenvalue weighted by molar-refractivity contribution is -0.125. The normalized spacial score (nSPS) is 17.4. The van der Waals surface area contributed by atoms with E-state index in [0.29, 0.717) is 13.2 Å². The number of nitrogens with one attached hydrogen (secondary N) is 1. The Hall–Kier alpha value is -1.30. The Morgan fingerprint density at radius 2 is 2.00 bits per heavy atom. The summed E-state index contributed by atoms with van der Waals surface area (Å²) in [5.41, 5.74) is 6.08. The largest absolute Gasteiger partial charge is 0.488 e. The number of carbonyl (C=O) groups excluding carboxylic acids is 1. The van der Waals surface area contributed by atoms with Crippen LogP contribution in [0.1, 0.15) is 33.1 Å². The Bertz CT molecular complexity index is 475. The lowest BCUT2D eigenvalue weighted by Gasteiger charge is -2.28. The third-order valence-electron chi connectivity index (χ3n) is 4.53. The summed E-state index contributed by atoms with van der Waals surface area (Å²) in [6.07, 6.45) is 2.51. The van der Waals surface area contributed by atoms with Crippen molar-refractivity contribution in [2.45, 2.75) is 39.2 Å². The molecule has 0 aromatic heterocycles. The monoisotopic (exact) mass is 342 g/mol. The molecule has 0 saturated carbocycles. The Morgan fingerprint density at radius 3 is 2.48 bits per heavy atom. The average molecular weight is 343 g/mol. The molecular formula is C17H27ClN2O3. The molecular weight excluding hydrogens is 316 g/mol. The second-order valence-corrected chi connectivity index (χ2v) is 5.77. The third kappa shape index (κ3) is 4.83. The highest BCUT2D eigenvalue weighted by Gasteiger charge is 2.33. The van der Waals surface area contributed by atoms with Crippen molar-refractivity contribution < 1.29 is 14.3 Å². The topological polar surface area (TPSA) is 73.6 Å². The van der Waals surface area contributed by atoms with Crippen LogP contribution in [0, 0.1) is 5.41 Å². The zero-order valence-corrected chi connectivity index (χ0v) is 14.7. The highest BCUT2D eigenvalue weighted by atomic mass is 35.5. The molecule has 1 fully saturated rings. The number of anilines is 1. The van der Waals surface area contributed by atoms with Gasteiger partial charge in [0, 0.05) is 18.7 Å². The van der Waals surface area contributed by atoms with Gasteiger partial charge in [0.05, 0.1) is 18.6 Å². The number of rotatable bonds is 7. The number of amides is 1. The van der Waals surface area contributed by atoms with E-state index in [2.05, 4.69) is 5.32 Å². The predicted molar refractivity (Wildman–Crippen MR) is 94.2 cm³/mol. The molecule has 2 rings (SSSR count). The van der Waals surface area contributed by atoms with Crippen molar-refractivity contribution in [2.24, 2.45) is 11.1 Å². The third-order valence-corrected chi connectivity index (χ3v) is 4.53. The maximum Gasteiger partial charge on any atom is 0.231 e. The van der Waals surface area contributed by atoms with Crippen LogP contribution < -0.4 is 15.8 Å². The van der Waals surface area contributed by atoms with Crippen LogP contribution in [0.5, 0.6) is 5.75 Å². The van der Waals surface area contributed by atoms with E-state index < -0.39 is 5.41 Å². The fourth-order valence-electron chi connectivity index (χ4n) is 2.63. The second-order valence-electron chi connectivity index (χ2n) is 5.77. The van der Waals surface area contributed by atoms with E-state index in [0.717, 1.165) is 37.3 Å². The molecule has 1 heterocycles. The standard InChI is InChI=1S/C17H26N2O3.ClH/c1-3-17(4-2,12-18)16(20)19-13-5-7-14(8-6-13)22-15-9-10-21-11-15;/h5-8,15H,3-4,9-12,18H2,1-2H3,(H,19,20);1H.